The summed E-state index contributed by atoms with van der Waals surface area (Å²) in [5, 5.41) is 7.12. The van der Waals surface area contributed by atoms with E-state index in [4.69, 9.17) is 11.5 Å². The lowest BCUT2D eigenvalue weighted by Crippen LogP contribution is -2.53. The maximum absolute atomic E-state index is 12.5. The summed E-state index contributed by atoms with van der Waals surface area (Å²) in [4.78, 5) is 82.3. The number of amides is 7. The molecule has 7 N–H and O–H groups in total. The lowest BCUT2D eigenvalue weighted by atomic mass is 10.1. The van der Waals surface area contributed by atoms with Crippen LogP contribution < -0.4 is 27.4 Å². The van der Waals surface area contributed by atoms with Crippen LogP contribution in [0.4, 0.5) is 4.79 Å². The monoisotopic (exact) mass is 508 g/mol. The summed E-state index contributed by atoms with van der Waals surface area (Å²) in [5.74, 6) is -3.84. The van der Waals surface area contributed by atoms with Gasteiger partial charge in [0, 0.05) is 31.7 Å². The molecule has 0 saturated carbocycles. The van der Waals surface area contributed by atoms with Gasteiger partial charge in [0.15, 0.2) is 5.78 Å². The highest BCUT2D eigenvalue weighted by Crippen LogP contribution is 2.05. The van der Waals surface area contributed by atoms with E-state index in [1.54, 1.807) is 0 Å². The van der Waals surface area contributed by atoms with Crippen LogP contribution in [0, 0.1) is 12.8 Å². The molecule has 0 bridgehead atoms. The van der Waals surface area contributed by atoms with Crippen LogP contribution in [0.1, 0.15) is 52.9 Å². The van der Waals surface area contributed by atoms with Crippen molar-refractivity contribution < 1.29 is 33.6 Å². The molecule has 1 rings (SSSR count). The number of nitrogens with one attached hydrogen (secondary N) is 3. The Morgan fingerprint density at radius 2 is 1.50 bits per heavy atom. The summed E-state index contributed by atoms with van der Waals surface area (Å²) in [5.41, 5.74) is 10.1. The lowest BCUT2D eigenvalue weighted by Gasteiger charge is -2.22. The fourth-order valence-electron chi connectivity index (χ4n) is 2.71. The summed E-state index contributed by atoms with van der Waals surface area (Å²) in [6.07, 6.45) is 11.1. The second-order valence-corrected chi connectivity index (χ2v) is 7.51. The molecule has 1 heterocycles. The first-order chi connectivity index (χ1) is 16.9. The Hall–Kier alpha value is -4.21. The molecule has 0 saturated heterocycles. The molecule has 1 aliphatic heterocycles. The first-order valence-electron chi connectivity index (χ1n) is 11.2. The Bertz CT molecular complexity index is 835. The van der Waals surface area contributed by atoms with E-state index in [1.165, 1.54) is 13.3 Å². The van der Waals surface area contributed by atoms with Crippen molar-refractivity contribution in [1.82, 2.24) is 20.9 Å². The van der Waals surface area contributed by atoms with Gasteiger partial charge in [-0.25, -0.2) is 4.79 Å². The molecule has 0 unspecified atom stereocenters. The zero-order valence-corrected chi connectivity index (χ0v) is 20.9. The molecule has 0 fully saturated rings. The molecule has 36 heavy (non-hydrogen) atoms. The van der Waals surface area contributed by atoms with Crippen molar-refractivity contribution in [2.24, 2.45) is 11.5 Å². The fourth-order valence-corrected chi connectivity index (χ4v) is 2.71. The van der Waals surface area contributed by atoms with Crippen LogP contribution >= 0.6 is 0 Å². The van der Waals surface area contributed by atoms with Crippen LogP contribution in [-0.2, 0) is 28.8 Å². The average Bonchev–Trinajstić information content (AvgIpc) is 3.12. The van der Waals surface area contributed by atoms with E-state index < -0.39 is 54.1 Å². The van der Waals surface area contributed by atoms with Crippen molar-refractivity contribution in [1.29, 1.82) is 0 Å². The third-order valence-corrected chi connectivity index (χ3v) is 4.30. The largest absolute Gasteiger partial charge is 0.370 e. The third-order valence-electron chi connectivity index (χ3n) is 4.30. The predicted molar refractivity (Wildman–Crippen MR) is 132 cm³/mol. The number of Topliss-reactive ketones (excluding diaryl/α,β-unsaturated/α-hetero) is 1. The quantitative estimate of drug-likeness (QED) is 0.117. The van der Waals surface area contributed by atoms with Crippen LogP contribution in [0.3, 0.4) is 0 Å². The second kappa shape index (κ2) is 19.1. The number of terminal acetylenes is 1. The Kier molecular flexibility index (Phi) is 18.0. The molecule has 13 nitrogen and oxygen atoms in total. The van der Waals surface area contributed by atoms with E-state index in [2.05, 4.69) is 42.6 Å². The number of carbonyl (C=O) groups excluding carboxylic acids is 7. The molecule has 13 heteroatoms. The molecule has 0 spiro atoms. The smallest absolute Gasteiger partial charge is 0.312 e. The molecule has 7 amide bonds. The van der Waals surface area contributed by atoms with E-state index in [0.717, 1.165) is 17.1 Å². The van der Waals surface area contributed by atoms with E-state index >= 15 is 0 Å². The number of primary amides is 2. The second-order valence-electron chi connectivity index (χ2n) is 7.51. The Balaban J connectivity index is 0. The summed E-state index contributed by atoms with van der Waals surface area (Å²) < 4.78 is 0. The minimum absolute atomic E-state index is 0.185. The third kappa shape index (κ3) is 14.8. The number of ketones is 1. The number of rotatable bonds is 13. The number of carbonyl (C=O) groups is 7. The fraction of sp³-hybridized carbons (Fsp3) is 0.522. The number of nitrogens with two attached hydrogens (primary N) is 2. The highest BCUT2D eigenvalue weighted by atomic mass is 16.2. The van der Waals surface area contributed by atoms with Gasteiger partial charge in [0.25, 0.3) is 11.8 Å². The Morgan fingerprint density at radius 1 is 0.972 bits per heavy atom. The number of urea groups is 1. The average molecular weight is 509 g/mol. The van der Waals surface area contributed by atoms with Crippen molar-refractivity contribution >= 4 is 41.4 Å². The lowest BCUT2D eigenvalue weighted by molar-refractivity contribution is -0.137. The first kappa shape index (κ1) is 34.0. The van der Waals surface area contributed by atoms with Crippen molar-refractivity contribution in [3.05, 3.63) is 12.2 Å². The van der Waals surface area contributed by atoms with Gasteiger partial charge >= 0.3 is 6.03 Å². The molecular formula is C23H36N6O7. The van der Waals surface area contributed by atoms with Gasteiger partial charge in [0.05, 0.1) is 12.5 Å². The first-order valence-corrected chi connectivity index (χ1v) is 11.2. The van der Waals surface area contributed by atoms with Crippen molar-refractivity contribution in [2.75, 3.05) is 13.1 Å². The van der Waals surface area contributed by atoms with E-state index in [1.807, 2.05) is 0 Å². The summed E-state index contributed by atoms with van der Waals surface area (Å²) in [6, 6.07) is -2.99. The molecule has 2 atom stereocenters. The van der Waals surface area contributed by atoms with Crippen LogP contribution in [0.5, 0.6) is 0 Å². The molecule has 1 aliphatic rings. The zero-order valence-electron chi connectivity index (χ0n) is 20.9. The van der Waals surface area contributed by atoms with E-state index in [9.17, 15) is 33.6 Å². The maximum Gasteiger partial charge on any atom is 0.312 e. The van der Waals surface area contributed by atoms with Crippen molar-refractivity contribution in [3.63, 3.8) is 0 Å². The number of imide groups is 1. The Labute approximate surface area is 210 Å². The molecular weight excluding hydrogens is 472 g/mol. The number of hydrogen-bond acceptors (Lipinski definition) is 7. The zero-order chi connectivity index (χ0) is 28.3. The molecule has 0 radical (unpaired) electrons. The number of hydrogen-bond donors (Lipinski definition) is 5. The van der Waals surface area contributed by atoms with Gasteiger partial charge in [0.2, 0.25) is 17.7 Å². The SMILES string of the molecule is C#C.CC(=O)[C@H](CCCNC(N)=O)NC(=O)[C@H](CC(N)=O)NC(=O)CCN1C(=O)C=CC1=O.CCC. The van der Waals surface area contributed by atoms with Crippen LogP contribution in [0.15, 0.2) is 12.2 Å². The van der Waals surface area contributed by atoms with Gasteiger partial charge < -0.3 is 27.4 Å². The van der Waals surface area contributed by atoms with Gasteiger partial charge in [-0.2, -0.15) is 0 Å². The van der Waals surface area contributed by atoms with Gasteiger partial charge in [0.1, 0.15) is 6.04 Å². The summed E-state index contributed by atoms with van der Waals surface area (Å²) >= 11 is 0. The van der Waals surface area contributed by atoms with Gasteiger partial charge in [-0.15, -0.1) is 12.8 Å². The minimum Gasteiger partial charge on any atom is -0.370 e. The van der Waals surface area contributed by atoms with Crippen LogP contribution in [0.2, 0.25) is 0 Å². The van der Waals surface area contributed by atoms with Gasteiger partial charge in [-0.1, -0.05) is 20.3 Å². The van der Waals surface area contributed by atoms with Crippen molar-refractivity contribution in [2.45, 2.75) is 65.0 Å². The standard InChI is InChI=1S/C18H26N6O7.C3H8.C2H2/c1-10(25)11(3-2-7-21-18(20)31)23-17(30)12(9-13(19)26)22-14(27)6-8-24-15(28)4-5-16(24)29;1-3-2;1-2/h4-5,11-12H,2-3,6-9H2,1H3,(H2,19,26)(H,22,27)(H,23,30)(H3,20,21,31);3H2,1-2H3;1-2H/t11-,12-;;/m0../s1. The Morgan fingerprint density at radius 3 is 1.94 bits per heavy atom. The summed E-state index contributed by atoms with van der Waals surface area (Å²) in [7, 11) is 0. The molecule has 0 aromatic rings. The normalized spacial score (nSPS) is 13.2. The highest BCUT2D eigenvalue weighted by molar-refractivity contribution is 6.13. The minimum atomic E-state index is -1.35. The van der Waals surface area contributed by atoms with Crippen molar-refractivity contribution in [3.8, 4) is 12.8 Å². The van der Waals surface area contributed by atoms with E-state index in [0.29, 0.717) is 6.42 Å². The molecule has 200 valence electrons. The highest BCUT2D eigenvalue weighted by Gasteiger charge is 2.28. The molecule has 0 aromatic heterocycles. The van der Waals surface area contributed by atoms with Crippen LogP contribution in [0.25, 0.3) is 0 Å². The molecule has 0 aromatic carbocycles. The number of nitrogens with zero attached hydrogens (tertiary/aromatic N) is 1. The predicted octanol–water partition coefficient (Wildman–Crippen LogP) is -1.15. The molecule has 0 aliphatic carbocycles. The van der Waals surface area contributed by atoms with Gasteiger partial charge in [-0.3, -0.25) is 33.7 Å². The topological polar surface area (TPSA) is 211 Å². The summed E-state index contributed by atoms with van der Waals surface area (Å²) in [6.45, 7) is 5.50. The van der Waals surface area contributed by atoms with Gasteiger partial charge in [-0.05, 0) is 19.8 Å². The van der Waals surface area contributed by atoms with E-state index in [-0.39, 0.29) is 31.7 Å². The van der Waals surface area contributed by atoms with Crippen LogP contribution in [-0.4, -0.2) is 71.4 Å². The maximum atomic E-state index is 12.5.